The largest absolute Gasteiger partial charge is 0.493 e. The third kappa shape index (κ3) is 6.24. The van der Waals surface area contributed by atoms with Crippen LogP contribution in [0.15, 0.2) is 52.7 Å². The fourth-order valence-electron chi connectivity index (χ4n) is 1.97. The third-order valence-electron chi connectivity index (χ3n) is 3.13. The van der Waals surface area contributed by atoms with Crippen molar-refractivity contribution in [1.82, 2.24) is 0 Å². The summed E-state index contributed by atoms with van der Waals surface area (Å²) in [6, 6.07) is 15.6. The maximum Gasteiger partial charge on any atom is 0.180 e. The second kappa shape index (κ2) is 10.7. The van der Waals surface area contributed by atoms with Crippen molar-refractivity contribution >= 4 is 45.7 Å². The van der Waals surface area contributed by atoms with Crippen molar-refractivity contribution in [1.29, 1.82) is 5.26 Å². The van der Waals surface area contributed by atoms with Gasteiger partial charge in [-0.05, 0) is 45.9 Å². The third-order valence-corrected chi connectivity index (χ3v) is 4.78. The summed E-state index contributed by atoms with van der Waals surface area (Å²) in [6.45, 7) is -0.0424. The maximum absolute atomic E-state index is 8.65. The molecule has 0 aliphatic rings. The van der Waals surface area contributed by atoms with Crippen molar-refractivity contribution in [3.8, 4) is 17.6 Å². The summed E-state index contributed by atoms with van der Waals surface area (Å²) in [6.07, 6.45) is 1.59. The lowest BCUT2D eigenvalue weighted by Gasteiger charge is -2.11. The van der Waals surface area contributed by atoms with E-state index in [2.05, 4.69) is 32.8 Å². The Morgan fingerprint density at radius 2 is 2.12 bits per heavy atom. The molecule has 26 heavy (non-hydrogen) atoms. The van der Waals surface area contributed by atoms with Gasteiger partial charge in [0, 0.05) is 5.75 Å². The van der Waals surface area contributed by atoms with E-state index in [0.717, 1.165) is 14.9 Å². The van der Waals surface area contributed by atoms with E-state index in [1.807, 2.05) is 42.5 Å². The molecular formula is C18H17IN4O2S. The Bertz CT molecular complexity index is 835. The van der Waals surface area contributed by atoms with Gasteiger partial charge in [0.2, 0.25) is 0 Å². The van der Waals surface area contributed by atoms with Crippen LogP contribution in [-0.4, -0.2) is 25.1 Å². The molecule has 0 saturated carbocycles. The van der Waals surface area contributed by atoms with E-state index >= 15 is 0 Å². The second-order valence-corrected chi connectivity index (χ2v) is 7.10. The molecule has 0 aliphatic carbocycles. The molecule has 134 valence electrons. The first-order valence-electron chi connectivity index (χ1n) is 7.54. The molecule has 8 heteroatoms. The molecule has 0 atom stereocenters. The lowest BCUT2D eigenvalue weighted by Crippen LogP contribution is -2.06. The van der Waals surface area contributed by atoms with E-state index in [-0.39, 0.29) is 6.61 Å². The van der Waals surface area contributed by atoms with E-state index in [1.165, 1.54) is 17.3 Å². The standard InChI is InChI=1S/C18H17IN4O2S/c1-24-16-10-14(9-15(19)17(16)25-8-7-20)11-22-23-18(21)26-12-13-5-3-2-4-6-13/h2-6,9-11H,8,12H2,1H3,(H2,21,23). The van der Waals surface area contributed by atoms with Gasteiger partial charge in [0.25, 0.3) is 0 Å². The van der Waals surface area contributed by atoms with Crippen molar-refractivity contribution in [3.05, 3.63) is 57.2 Å². The number of benzene rings is 2. The van der Waals surface area contributed by atoms with Crippen LogP contribution in [0.2, 0.25) is 0 Å². The number of rotatable bonds is 7. The number of ether oxygens (including phenoxy) is 2. The molecule has 0 unspecified atom stereocenters. The zero-order chi connectivity index (χ0) is 18.8. The van der Waals surface area contributed by atoms with Crippen LogP contribution in [-0.2, 0) is 5.75 Å². The summed E-state index contributed by atoms with van der Waals surface area (Å²) in [7, 11) is 1.54. The number of halogens is 1. The quantitative estimate of drug-likeness (QED) is 0.282. The summed E-state index contributed by atoms with van der Waals surface area (Å²) >= 11 is 3.54. The van der Waals surface area contributed by atoms with Crippen molar-refractivity contribution in [3.63, 3.8) is 0 Å². The van der Waals surface area contributed by atoms with Crippen molar-refractivity contribution in [2.75, 3.05) is 13.7 Å². The number of amidine groups is 1. The monoisotopic (exact) mass is 480 g/mol. The highest BCUT2D eigenvalue weighted by Crippen LogP contribution is 2.33. The van der Waals surface area contributed by atoms with Gasteiger partial charge >= 0.3 is 0 Å². The summed E-state index contributed by atoms with van der Waals surface area (Å²) in [4.78, 5) is 0. The van der Waals surface area contributed by atoms with Crippen LogP contribution in [0.25, 0.3) is 0 Å². The number of hydrogen-bond acceptors (Lipinski definition) is 6. The average molecular weight is 480 g/mol. The lowest BCUT2D eigenvalue weighted by molar-refractivity contribution is 0.327. The van der Waals surface area contributed by atoms with Crippen LogP contribution < -0.4 is 15.2 Å². The predicted octanol–water partition coefficient (Wildman–Crippen LogP) is 3.78. The molecule has 2 rings (SSSR count). The Morgan fingerprint density at radius 1 is 1.35 bits per heavy atom. The number of nitrogens with zero attached hydrogens (tertiary/aromatic N) is 3. The predicted molar refractivity (Wildman–Crippen MR) is 114 cm³/mol. The van der Waals surface area contributed by atoms with E-state index in [1.54, 1.807) is 19.4 Å². The molecule has 0 radical (unpaired) electrons. The fraction of sp³-hybridized carbons (Fsp3) is 0.167. The first-order valence-corrected chi connectivity index (χ1v) is 9.61. The summed E-state index contributed by atoms with van der Waals surface area (Å²) in [5.41, 5.74) is 7.84. The van der Waals surface area contributed by atoms with Gasteiger partial charge in [0.15, 0.2) is 23.3 Å². The van der Waals surface area contributed by atoms with Gasteiger partial charge in [-0.15, -0.1) is 5.10 Å². The number of methoxy groups -OCH3 is 1. The highest BCUT2D eigenvalue weighted by atomic mass is 127. The molecule has 0 amide bonds. The number of hydrogen-bond donors (Lipinski definition) is 1. The summed E-state index contributed by atoms with van der Waals surface area (Å²) in [5, 5.41) is 17.1. The smallest absolute Gasteiger partial charge is 0.180 e. The fourth-order valence-corrected chi connectivity index (χ4v) is 3.36. The van der Waals surface area contributed by atoms with Crippen LogP contribution in [0.4, 0.5) is 0 Å². The first-order chi connectivity index (χ1) is 12.6. The summed E-state index contributed by atoms with van der Waals surface area (Å²) < 4.78 is 11.5. The van der Waals surface area contributed by atoms with Gasteiger partial charge in [-0.1, -0.05) is 42.1 Å². The molecule has 0 aromatic heterocycles. The van der Waals surface area contributed by atoms with Gasteiger partial charge in [0.05, 0.1) is 16.9 Å². The number of nitrogens with two attached hydrogens (primary N) is 1. The SMILES string of the molecule is COc1cc(C=NN=C(N)SCc2ccccc2)cc(I)c1OCC#N. The van der Waals surface area contributed by atoms with Crippen LogP contribution in [0.5, 0.6) is 11.5 Å². The molecule has 0 bridgehead atoms. The molecular weight excluding hydrogens is 463 g/mol. The van der Waals surface area contributed by atoms with Gasteiger partial charge in [-0.3, -0.25) is 0 Å². The van der Waals surface area contributed by atoms with Crippen molar-refractivity contribution < 1.29 is 9.47 Å². The number of thioether (sulfide) groups is 1. The van der Waals surface area contributed by atoms with E-state index in [4.69, 9.17) is 20.5 Å². The summed E-state index contributed by atoms with van der Waals surface area (Å²) in [5.74, 6) is 1.81. The van der Waals surface area contributed by atoms with Gasteiger partial charge in [0.1, 0.15) is 6.07 Å². The van der Waals surface area contributed by atoms with Crippen LogP contribution in [0.3, 0.4) is 0 Å². The highest BCUT2D eigenvalue weighted by Gasteiger charge is 2.10. The first kappa shape index (κ1) is 20.1. The number of nitriles is 1. The topological polar surface area (TPSA) is 93.0 Å². The Morgan fingerprint density at radius 3 is 2.81 bits per heavy atom. The minimum absolute atomic E-state index is 0.0424. The highest BCUT2D eigenvalue weighted by molar-refractivity contribution is 14.1. The zero-order valence-electron chi connectivity index (χ0n) is 14.1. The second-order valence-electron chi connectivity index (χ2n) is 4.94. The van der Waals surface area contributed by atoms with Gasteiger partial charge in [-0.25, -0.2) is 0 Å². The maximum atomic E-state index is 8.65. The Labute approximate surface area is 170 Å². The van der Waals surface area contributed by atoms with Crippen LogP contribution in [0.1, 0.15) is 11.1 Å². The zero-order valence-corrected chi connectivity index (χ0v) is 17.0. The van der Waals surface area contributed by atoms with Crippen LogP contribution >= 0.6 is 34.4 Å². The van der Waals surface area contributed by atoms with E-state index in [9.17, 15) is 0 Å². The molecule has 0 heterocycles. The molecule has 2 N–H and O–H groups in total. The van der Waals surface area contributed by atoms with Gasteiger partial charge in [-0.2, -0.15) is 10.4 Å². The molecule has 2 aromatic carbocycles. The van der Waals surface area contributed by atoms with Crippen molar-refractivity contribution in [2.24, 2.45) is 15.9 Å². The lowest BCUT2D eigenvalue weighted by atomic mass is 10.2. The van der Waals surface area contributed by atoms with Crippen molar-refractivity contribution in [2.45, 2.75) is 5.75 Å². The molecule has 0 saturated heterocycles. The van der Waals surface area contributed by atoms with E-state index < -0.39 is 0 Å². The Hall–Kier alpha value is -2.25. The molecule has 0 fully saturated rings. The normalized spacial score (nSPS) is 11.3. The molecule has 0 spiro atoms. The van der Waals surface area contributed by atoms with E-state index in [0.29, 0.717) is 16.7 Å². The van der Waals surface area contributed by atoms with Crippen LogP contribution in [0, 0.1) is 14.9 Å². The minimum Gasteiger partial charge on any atom is -0.493 e. The Kier molecular flexibility index (Phi) is 8.24. The molecule has 6 nitrogen and oxygen atoms in total. The van der Waals surface area contributed by atoms with Gasteiger partial charge < -0.3 is 15.2 Å². The minimum atomic E-state index is -0.0424. The molecule has 2 aromatic rings. The molecule has 0 aliphatic heterocycles. The Balaban J connectivity index is 2.02. The average Bonchev–Trinajstić information content (AvgIpc) is 2.66.